The van der Waals surface area contributed by atoms with E-state index in [4.69, 9.17) is 4.74 Å². The summed E-state index contributed by atoms with van der Waals surface area (Å²) in [6.45, 7) is 6.57. The van der Waals surface area contributed by atoms with Crippen molar-refractivity contribution in [2.45, 2.75) is 84.2 Å². The van der Waals surface area contributed by atoms with E-state index in [0.717, 1.165) is 43.5 Å². The van der Waals surface area contributed by atoms with E-state index in [0.29, 0.717) is 24.0 Å². The van der Waals surface area contributed by atoms with Crippen LogP contribution in [0.15, 0.2) is 36.4 Å². The Morgan fingerprint density at radius 2 is 1.76 bits per heavy atom. The van der Waals surface area contributed by atoms with Gasteiger partial charge in [0.1, 0.15) is 5.75 Å². The van der Waals surface area contributed by atoms with Gasteiger partial charge in [-0.05, 0) is 81.5 Å². The molecule has 1 aromatic carbocycles. The highest BCUT2D eigenvalue weighted by atomic mass is 16.5. The zero-order chi connectivity index (χ0) is 20.8. The summed E-state index contributed by atoms with van der Waals surface area (Å²) in [6, 6.07) is 12.5. The number of rotatable bonds is 9. The van der Waals surface area contributed by atoms with Crippen molar-refractivity contribution in [3.8, 4) is 5.75 Å². The van der Waals surface area contributed by atoms with Crippen LogP contribution in [0.3, 0.4) is 0 Å². The van der Waals surface area contributed by atoms with Crippen LogP contribution >= 0.6 is 0 Å². The van der Waals surface area contributed by atoms with Gasteiger partial charge in [-0.25, -0.2) is 0 Å². The van der Waals surface area contributed by atoms with Gasteiger partial charge in [0.05, 0.1) is 11.8 Å². The fourth-order valence-electron chi connectivity index (χ4n) is 4.76. The van der Waals surface area contributed by atoms with E-state index in [1.54, 1.807) is 0 Å². The number of hydrogen-bond donors (Lipinski definition) is 0. The van der Waals surface area contributed by atoms with Gasteiger partial charge in [-0.1, -0.05) is 38.0 Å². The second-order valence-electron chi connectivity index (χ2n) is 8.80. The van der Waals surface area contributed by atoms with Gasteiger partial charge in [-0.2, -0.15) is 0 Å². The highest BCUT2D eigenvalue weighted by Gasteiger charge is 2.26. The maximum absolute atomic E-state index is 13.0. The fraction of sp³-hybridized carbons (Fsp3) is 0.577. The van der Waals surface area contributed by atoms with Crippen LogP contribution in [0.25, 0.3) is 0 Å². The standard InChI is InChI=1S/C26H37NO2/c1-5-7-21(6-2)24-16-17-25(27(24)4)26(28)18-20-10-14-23(15-11-20)29-22-12-8-19(3)9-13-22/h8-9,12-13,16-17,20-21,23H,5-7,10-11,14-15,18H2,1-4H3/t20?,21-,23?/m1/s1. The lowest BCUT2D eigenvalue weighted by Gasteiger charge is -2.28. The van der Waals surface area contributed by atoms with Crippen molar-refractivity contribution in [3.05, 3.63) is 53.3 Å². The molecule has 0 radical (unpaired) electrons. The lowest BCUT2D eigenvalue weighted by Crippen LogP contribution is -2.25. The van der Waals surface area contributed by atoms with Crippen molar-refractivity contribution in [3.63, 3.8) is 0 Å². The molecule has 1 heterocycles. The summed E-state index contributed by atoms with van der Waals surface area (Å²) in [5, 5.41) is 0. The molecular formula is C26H37NO2. The number of ketones is 1. The lowest BCUT2D eigenvalue weighted by molar-refractivity contribution is 0.0894. The third kappa shape index (κ3) is 5.52. The molecule has 29 heavy (non-hydrogen) atoms. The first-order chi connectivity index (χ1) is 14.0. The summed E-state index contributed by atoms with van der Waals surface area (Å²) in [5.74, 6) is 2.30. The number of hydrogen-bond acceptors (Lipinski definition) is 2. The van der Waals surface area contributed by atoms with Gasteiger partial charge < -0.3 is 9.30 Å². The average Bonchev–Trinajstić information content (AvgIpc) is 3.10. The Labute approximate surface area is 176 Å². The maximum Gasteiger partial charge on any atom is 0.179 e. The maximum atomic E-state index is 13.0. The predicted octanol–water partition coefficient (Wildman–Crippen LogP) is 6.84. The van der Waals surface area contributed by atoms with Gasteiger partial charge in [0.25, 0.3) is 0 Å². The number of carbonyl (C=O) groups is 1. The van der Waals surface area contributed by atoms with E-state index in [1.807, 2.05) is 6.07 Å². The van der Waals surface area contributed by atoms with Gasteiger partial charge in [-0.15, -0.1) is 0 Å². The number of aryl methyl sites for hydroxylation is 1. The first-order valence-electron chi connectivity index (χ1n) is 11.4. The Bertz CT molecular complexity index is 782. The van der Waals surface area contributed by atoms with Crippen molar-refractivity contribution in [2.75, 3.05) is 0 Å². The van der Waals surface area contributed by atoms with Crippen LogP contribution in [-0.2, 0) is 7.05 Å². The minimum Gasteiger partial charge on any atom is -0.490 e. The summed E-state index contributed by atoms with van der Waals surface area (Å²) >= 11 is 0. The summed E-state index contributed by atoms with van der Waals surface area (Å²) in [6.07, 6.45) is 8.68. The fourth-order valence-corrected chi connectivity index (χ4v) is 4.76. The van der Waals surface area contributed by atoms with Crippen molar-refractivity contribution in [1.29, 1.82) is 0 Å². The normalized spacial score (nSPS) is 20.4. The van der Waals surface area contributed by atoms with E-state index >= 15 is 0 Å². The first kappa shape index (κ1) is 21.7. The van der Waals surface area contributed by atoms with Gasteiger partial charge in [0.2, 0.25) is 0 Å². The molecule has 1 aliphatic rings. The number of carbonyl (C=O) groups excluding carboxylic acids is 1. The van der Waals surface area contributed by atoms with Crippen LogP contribution in [0.5, 0.6) is 5.75 Å². The molecule has 1 saturated carbocycles. The van der Waals surface area contributed by atoms with E-state index in [9.17, 15) is 4.79 Å². The van der Waals surface area contributed by atoms with E-state index < -0.39 is 0 Å². The molecular weight excluding hydrogens is 358 g/mol. The molecule has 1 atom stereocenters. The molecule has 1 fully saturated rings. The summed E-state index contributed by atoms with van der Waals surface area (Å²) in [5.41, 5.74) is 3.45. The molecule has 1 aliphatic carbocycles. The zero-order valence-electron chi connectivity index (χ0n) is 18.6. The summed E-state index contributed by atoms with van der Waals surface area (Å²) in [4.78, 5) is 13.0. The number of ether oxygens (including phenoxy) is 1. The predicted molar refractivity (Wildman–Crippen MR) is 120 cm³/mol. The van der Waals surface area contributed by atoms with Gasteiger partial charge >= 0.3 is 0 Å². The Hall–Kier alpha value is -2.03. The van der Waals surface area contributed by atoms with Crippen LogP contribution in [0.4, 0.5) is 0 Å². The molecule has 0 N–H and O–H groups in total. The third-order valence-electron chi connectivity index (χ3n) is 6.59. The number of Topliss-reactive ketones (excluding diaryl/α,β-unsaturated/α-hetero) is 1. The molecule has 2 aromatic rings. The van der Waals surface area contributed by atoms with Crippen LogP contribution < -0.4 is 4.74 Å². The topological polar surface area (TPSA) is 31.2 Å². The van der Waals surface area contributed by atoms with Gasteiger partial charge in [0.15, 0.2) is 5.78 Å². The average molecular weight is 396 g/mol. The molecule has 0 spiro atoms. The van der Waals surface area contributed by atoms with E-state index in [1.165, 1.54) is 24.1 Å². The summed E-state index contributed by atoms with van der Waals surface area (Å²) < 4.78 is 8.29. The smallest absolute Gasteiger partial charge is 0.179 e. The Balaban J connectivity index is 1.52. The van der Waals surface area contributed by atoms with Crippen LogP contribution in [0.1, 0.15) is 92.9 Å². The van der Waals surface area contributed by atoms with Crippen molar-refractivity contribution >= 4 is 5.78 Å². The minimum absolute atomic E-state index is 0.282. The molecule has 0 unspecified atom stereocenters. The molecule has 158 valence electrons. The Morgan fingerprint density at radius 3 is 2.38 bits per heavy atom. The summed E-state index contributed by atoms with van der Waals surface area (Å²) in [7, 11) is 2.06. The zero-order valence-corrected chi connectivity index (χ0v) is 18.6. The third-order valence-corrected chi connectivity index (χ3v) is 6.59. The molecule has 0 saturated heterocycles. The second-order valence-corrected chi connectivity index (χ2v) is 8.80. The quantitative estimate of drug-likeness (QED) is 0.435. The van der Waals surface area contributed by atoms with Crippen LogP contribution in [-0.4, -0.2) is 16.5 Å². The Morgan fingerprint density at radius 1 is 1.07 bits per heavy atom. The van der Waals surface area contributed by atoms with E-state index in [-0.39, 0.29) is 6.10 Å². The van der Waals surface area contributed by atoms with Crippen molar-refractivity contribution < 1.29 is 9.53 Å². The SMILES string of the molecule is CCC[C@@H](CC)c1ccc(C(=O)CC2CCC(Oc3ccc(C)cc3)CC2)n1C. The monoisotopic (exact) mass is 395 g/mol. The molecule has 1 aromatic heterocycles. The van der Waals surface area contributed by atoms with Crippen LogP contribution in [0, 0.1) is 12.8 Å². The second kappa shape index (κ2) is 10.1. The molecule has 0 aliphatic heterocycles. The highest BCUT2D eigenvalue weighted by molar-refractivity contribution is 5.95. The molecule has 3 nitrogen and oxygen atoms in total. The number of aromatic nitrogens is 1. The van der Waals surface area contributed by atoms with Crippen LogP contribution in [0.2, 0.25) is 0 Å². The van der Waals surface area contributed by atoms with Gasteiger partial charge in [0, 0.05) is 19.2 Å². The Kier molecular flexibility index (Phi) is 7.57. The number of benzene rings is 1. The van der Waals surface area contributed by atoms with Crippen molar-refractivity contribution in [2.24, 2.45) is 13.0 Å². The molecule has 3 rings (SSSR count). The first-order valence-corrected chi connectivity index (χ1v) is 11.4. The number of nitrogens with zero attached hydrogens (tertiary/aromatic N) is 1. The molecule has 0 amide bonds. The molecule has 0 bridgehead atoms. The highest BCUT2D eigenvalue weighted by Crippen LogP contribution is 2.32. The van der Waals surface area contributed by atoms with E-state index in [2.05, 4.69) is 62.7 Å². The minimum atomic E-state index is 0.282. The van der Waals surface area contributed by atoms with Gasteiger partial charge in [-0.3, -0.25) is 4.79 Å². The molecule has 3 heteroatoms. The largest absolute Gasteiger partial charge is 0.490 e. The van der Waals surface area contributed by atoms with Crippen molar-refractivity contribution in [1.82, 2.24) is 4.57 Å². The lowest BCUT2D eigenvalue weighted by atomic mass is 9.84.